The molecule has 0 saturated carbocycles. The molecule has 5 heteroatoms. The Balaban J connectivity index is 1.97. The summed E-state index contributed by atoms with van der Waals surface area (Å²) in [6.45, 7) is 0.864. The third kappa shape index (κ3) is 5.38. The van der Waals surface area contributed by atoms with Crippen molar-refractivity contribution in [2.75, 3.05) is 13.2 Å². The van der Waals surface area contributed by atoms with E-state index in [1.807, 2.05) is 24.3 Å². The lowest BCUT2D eigenvalue weighted by molar-refractivity contribution is 0.0690. The van der Waals surface area contributed by atoms with Crippen LogP contribution in [0.3, 0.4) is 0 Å². The lowest BCUT2D eigenvalue weighted by Crippen LogP contribution is -2.01. The van der Waals surface area contributed by atoms with E-state index in [1.165, 1.54) is 6.07 Å². The number of aliphatic hydroxyl groups excluding tert-OH is 1. The SMILES string of the molecule is O=C(O)c1cccc(-c2cccc(OCCCCCCO)c2)n1. The summed E-state index contributed by atoms with van der Waals surface area (Å²) in [6.07, 6.45) is 3.81. The van der Waals surface area contributed by atoms with Gasteiger partial charge in [0, 0.05) is 12.2 Å². The van der Waals surface area contributed by atoms with E-state index in [-0.39, 0.29) is 12.3 Å². The van der Waals surface area contributed by atoms with E-state index in [1.54, 1.807) is 12.1 Å². The molecular weight excluding hydrogens is 294 g/mol. The topological polar surface area (TPSA) is 79.7 Å². The predicted octanol–water partition coefficient (Wildman–Crippen LogP) is 3.38. The number of ether oxygens (including phenoxy) is 1. The number of unbranched alkanes of at least 4 members (excludes halogenated alkanes) is 3. The Morgan fingerprint density at radius 3 is 2.61 bits per heavy atom. The first-order valence-electron chi connectivity index (χ1n) is 7.75. The Kier molecular flexibility index (Phi) is 6.56. The molecule has 0 aliphatic carbocycles. The highest BCUT2D eigenvalue weighted by atomic mass is 16.5. The Bertz CT molecular complexity index is 642. The molecule has 0 atom stereocenters. The zero-order valence-electron chi connectivity index (χ0n) is 12.9. The Labute approximate surface area is 135 Å². The fraction of sp³-hybridized carbons (Fsp3) is 0.333. The molecule has 0 fully saturated rings. The average molecular weight is 315 g/mol. The highest BCUT2D eigenvalue weighted by molar-refractivity contribution is 5.86. The molecule has 0 amide bonds. The van der Waals surface area contributed by atoms with Gasteiger partial charge in [-0.15, -0.1) is 0 Å². The molecule has 2 N–H and O–H groups in total. The minimum absolute atomic E-state index is 0.0257. The van der Waals surface area contributed by atoms with Crippen molar-refractivity contribution in [2.45, 2.75) is 25.7 Å². The Morgan fingerprint density at radius 1 is 1.04 bits per heavy atom. The van der Waals surface area contributed by atoms with Gasteiger partial charge in [0.2, 0.25) is 0 Å². The van der Waals surface area contributed by atoms with Crippen LogP contribution in [0.15, 0.2) is 42.5 Å². The minimum atomic E-state index is -1.04. The lowest BCUT2D eigenvalue weighted by Gasteiger charge is -2.08. The zero-order chi connectivity index (χ0) is 16.5. The summed E-state index contributed by atoms with van der Waals surface area (Å²) in [5.74, 6) is -0.297. The molecule has 2 aromatic rings. The number of carboxylic acid groups (broad SMARTS) is 1. The largest absolute Gasteiger partial charge is 0.494 e. The number of nitrogens with zero attached hydrogens (tertiary/aromatic N) is 1. The third-order valence-corrected chi connectivity index (χ3v) is 3.42. The molecular formula is C18H21NO4. The maximum atomic E-state index is 11.0. The zero-order valence-corrected chi connectivity index (χ0v) is 12.9. The molecule has 0 aliphatic heterocycles. The molecule has 1 heterocycles. The smallest absolute Gasteiger partial charge is 0.354 e. The standard InChI is InChI=1S/C18H21NO4/c20-11-3-1-2-4-12-23-15-8-5-7-14(13-15)16-9-6-10-17(19-16)18(21)22/h5-10,13,20H,1-4,11-12H2,(H,21,22). The first kappa shape index (κ1) is 17.0. The van der Waals surface area contributed by atoms with Gasteiger partial charge in [0.1, 0.15) is 11.4 Å². The van der Waals surface area contributed by atoms with Gasteiger partial charge in [-0.05, 0) is 43.5 Å². The number of rotatable bonds is 9. The Hall–Kier alpha value is -2.40. The van der Waals surface area contributed by atoms with Crippen LogP contribution >= 0.6 is 0 Å². The number of aliphatic hydroxyl groups is 1. The van der Waals surface area contributed by atoms with Crippen LogP contribution in [0.25, 0.3) is 11.3 Å². The molecule has 2 rings (SSSR count). The van der Waals surface area contributed by atoms with E-state index in [0.717, 1.165) is 37.0 Å². The Morgan fingerprint density at radius 2 is 1.83 bits per heavy atom. The summed E-state index contributed by atoms with van der Waals surface area (Å²) < 4.78 is 5.72. The van der Waals surface area contributed by atoms with Crippen molar-refractivity contribution in [3.8, 4) is 17.0 Å². The highest BCUT2D eigenvalue weighted by Crippen LogP contribution is 2.22. The number of benzene rings is 1. The van der Waals surface area contributed by atoms with Gasteiger partial charge in [-0.1, -0.05) is 24.6 Å². The second-order valence-corrected chi connectivity index (χ2v) is 5.23. The van der Waals surface area contributed by atoms with Gasteiger partial charge in [-0.3, -0.25) is 0 Å². The number of aromatic nitrogens is 1. The van der Waals surface area contributed by atoms with Gasteiger partial charge >= 0.3 is 5.97 Å². The van der Waals surface area contributed by atoms with Crippen LogP contribution in [0.5, 0.6) is 5.75 Å². The molecule has 0 unspecified atom stereocenters. The van der Waals surface area contributed by atoms with Crippen molar-refractivity contribution in [3.63, 3.8) is 0 Å². The lowest BCUT2D eigenvalue weighted by atomic mass is 10.1. The van der Waals surface area contributed by atoms with E-state index in [9.17, 15) is 4.79 Å². The quantitative estimate of drug-likeness (QED) is 0.693. The number of hydrogen-bond acceptors (Lipinski definition) is 4. The van der Waals surface area contributed by atoms with E-state index >= 15 is 0 Å². The summed E-state index contributed by atoms with van der Waals surface area (Å²) in [7, 11) is 0. The molecule has 23 heavy (non-hydrogen) atoms. The van der Waals surface area contributed by atoms with E-state index in [4.69, 9.17) is 14.9 Å². The van der Waals surface area contributed by atoms with Gasteiger partial charge in [-0.25, -0.2) is 9.78 Å². The van der Waals surface area contributed by atoms with Crippen LogP contribution in [0, 0.1) is 0 Å². The fourth-order valence-electron chi connectivity index (χ4n) is 2.22. The van der Waals surface area contributed by atoms with Crippen LogP contribution in [0.2, 0.25) is 0 Å². The van der Waals surface area contributed by atoms with Crippen LogP contribution in [-0.2, 0) is 0 Å². The maximum absolute atomic E-state index is 11.0. The average Bonchev–Trinajstić information content (AvgIpc) is 2.58. The van der Waals surface area contributed by atoms with Crippen molar-refractivity contribution in [2.24, 2.45) is 0 Å². The molecule has 1 aromatic carbocycles. The van der Waals surface area contributed by atoms with Gasteiger partial charge in [-0.2, -0.15) is 0 Å². The monoisotopic (exact) mass is 315 g/mol. The molecule has 0 radical (unpaired) electrons. The van der Waals surface area contributed by atoms with Gasteiger partial charge in [0.05, 0.1) is 12.3 Å². The predicted molar refractivity (Wildman–Crippen MR) is 87.7 cm³/mol. The van der Waals surface area contributed by atoms with Crippen molar-refractivity contribution in [3.05, 3.63) is 48.2 Å². The second kappa shape index (κ2) is 8.90. The number of aromatic carboxylic acids is 1. The van der Waals surface area contributed by atoms with E-state index < -0.39 is 5.97 Å². The maximum Gasteiger partial charge on any atom is 0.354 e. The van der Waals surface area contributed by atoms with Crippen LogP contribution in [-0.4, -0.2) is 34.4 Å². The molecule has 122 valence electrons. The molecule has 5 nitrogen and oxygen atoms in total. The van der Waals surface area contributed by atoms with E-state index in [2.05, 4.69) is 4.98 Å². The van der Waals surface area contributed by atoms with Gasteiger partial charge in [0.25, 0.3) is 0 Å². The summed E-state index contributed by atoms with van der Waals surface area (Å²) >= 11 is 0. The number of carboxylic acids is 1. The molecule has 0 aliphatic rings. The summed E-state index contributed by atoms with van der Waals surface area (Å²) in [6, 6.07) is 12.4. The minimum Gasteiger partial charge on any atom is -0.494 e. The summed E-state index contributed by atoms with van der Waals surface area (Å²) in [5.41, 5.74) is 1.46. The van der Waals surface area contributed by atoms with Crippen LogP contribution in [0.1, 0.15) is 36.2 Å². The number of pyridine rings is 1. The molecule has 0 spiro atoms. The van der Waals surface area contributed by atoms with Crippen molar-refractivity contribution < 1.29 is 19.7 Å². The van der Waals surface area contributed by atoms with Crippen molar-refractivity contribution in [1.29, 1.82) is 0 Å². The summed E-state index contributed by atoms with van der Waals surface area (Å²) in [5, 5.41) is 17.7. The van der Waals surface area contributed by atoms with E-state index in [0.29, 0.717) is 12.3 Å². The number of carbonyl (C=O) groups is 1. The summed E-state index contributed by atoms with van der Waals surface area (Å²) in [4.78, 5) is 15.1. The fourth-order valence-corrected chi connectivity index (χ4v) is 2.22. The van der Waals surface area contributed by atoms with Crippen LogP contribution in [0.4, 0.5) is 0 Å². The van der Waals surface area contributed by atoms with Gasteiger partial charge < -0.3 is 14.9 Å². The first-order chi connectivity index (χ1) is 11.2. The van der Waals surface area contributed by atoms with Crippen molar-refractivity contribution >= 4 is 5.97 Å². The second-order valence-electron chi connectivity index (χ2n) is 5.23. The normalized spacial score (nSPS) is 10.5. The first-order valence-corrected chi connectivity index (χ1v) is 7.75. The molecule has 0 saturated heterocycles. The number of hydrogen-bond donors (Lipinski definition) is 2. The molecule has 1 aromatic heterocycles. The highest BCUT2D eigenvalue weighted by Gasteiger charge is 2.07. The van der Waals surface area contributed by atoms with Crippen molar-refractivity contribution in [1.82, 2.24) is 4.98 Å². The third-order valence-electron chi connectivity index (χ3n) is 3.42. The molecule has 0 bridgehead atoms. The van der Waals surface area contributed by atoms with Crippen LogP contribution < -0.4 is 4.74 Å². The van der Waals surface area contributed by atoms with Gasteiger partial charge in [0.15, 0.2) is 0 Å².